The Bertz CT molecular complexity index is 517. The van der Waals surface area contributed by atoms with E-state index in [9.17, 15) is 13.2 Å². The Labute approximate surface area is 126 Å². The lowest BCUT2D eigenvalue weighted by atomic mass is 9.90. The molecule has 3 rings (SSSR count). The van der Waals surface area contributed by atoms with Crippen molar-refractivity contribution in [3.8, 4) is 0 Å². The summed E-state index contributed by atoms with van der Waals surface area (Å²) in [6.07, 6.45) is 6.91. The minimum atomic E-state index is -3.14. The Hall–Kier alpha value is -0.660. The lowest BCUT2D eigenvalue weighted by Gasteiger charge is -2.38. The van der Waals surface area contributed by atoms with Crippen LogP contribution in [0.15, 0.2) is 0 Å². The molecule has 1 aliphatic carbocycles. The van der Waals surface area contributed by atoms with Crippen molar-refractivity contribution in [1.82, 2.24) is 9.62 Å². The van der Waals surface area contributed by atoms with E-state index in [-0.39, 0.29) is 23.5 Å². The molecule has 0 unspecified atom stereocenters. The number of sulfonamides is 1. The Kier molecular flexibility index (Phi) is 4.00. The molecule has 2 heterocycles. The number of carbonyl (C=O) groups excluding carboxylic acids is 1. The molecule has 1 spiro atoms. The van der Waals surface area contributed by atoms with Gasteiger partial charge in [-0.2, -0.15) is 4.31 Å². The maximum Gasteiger partial charge on any atom is 0.223 e. The van der Waals surface area contributed by atoms with Crippen LogP contribution in [0.1, 0.15) is 38.5 Å². The Morgan fingerprint density at radius 2 is 2.10 bits per heavy atom. The number of hydrogen-bond donors (Lipinski definition) is 1. The third-order valence-corrected chi connectivity index (χ3v) is 6.03. The molecular weight excluding hydrogens is 292 g/mol. The molecule has 120 valence electrons. The highest BCUT2D eigenvalue weighted by Crippen LogP contribution is 2.37. The SMILES string of the molecule is CS(=O)(=O)N1CC[C@]2(CCC[C@H](CNC(=O)C3CC3)O2)C1. The summed E-state index contributed by atoms with van der Waals surface area (Å²) in [7, 11) is -3.14. The first kappa shape index (κ1) is 15.2. The van der Waals surface area contributed by atoms with Gasteiger partial charge in [-0.3, -0.25) is 4.79 Å². The van der Waals surface area contributed by atoms with Crippen LogP contribution in [0.25, 0.3) is 0 Å². The fourth-order valence-corrected chi connectivity index (χ4v) is 4.26. The van der Waals surface area contributed by atoms with Gasteiger partial charge in [-0.15, -0.1) is 0 Å². The van der Waals surface area contributed by atoms with Gasteiger partial charge in [-0.1, -0.05) is 0 Å². The molecule has 3 fully saturated rings. The minimum Gasteiger partial charge on any atom is -0.369 e. The van der Waals surface area contributed by atoms with Crippen LogP contribution in [0.4, 0.5) is 0 Å². The van der Waals surface area contributed by atoms with Gasteiger partial charge in [0, 0.05) is 25.6 Å². The minimum absolute atomic E-state index is 0.0148. The van der Waals surface area contributed by atoms with Crippen LogP contribution >= 0.6 is 0 Å². The Morgan fingerprint density at radius 1 is 1.33 bits per heavy atom. The standard InChI is InChI=1S/C14H24N2O4S/c1-21(18,19)16-8-7-14(10-16)6-2-3-12(20-14)9-15-13(17)11-4-5-11/h11-12H,2-10H2,1H3,(H,15,17)/t12-,14-/m1/s1. The van der Waals surface area contributed by atoms with E-state index < -0.39 is 10.0 Å². The molecule has 2 atom stereocenters. The molecule has 0 aromatic heterocycles. The van der Waals surface area contributed by atoms with E-state index in [0.717, 1.165) is 38.5 Å². The lowest BCUT2D eigenvalue weighted by Crippen LogP contribution is -2.47. The van der Waals surface area contributed by atoms with E-state index in [1.54, 1.807) is 0 Å². The summed E-state index contributed by atoms with van der Waals surface area (Å²) in [5, 5.41) is 2.97. The van der Waals surface area contributed by atoms with Crippen LogP contribution in [0.3, 0.4) is 0 Å². The second kappa shape index (κ2) is 5.52. The van der Waals surface area contributed by atoms with Crippen molar-refractivity contribution in [1.29, 1.82) is 0 Å². The van der Waals surface area contributed by atoms with E-state index >= 15 is 0 Å². The smallest absolute Gasteiger partial charge is 0.223 e. The topological polar surface area (TPSA) is 75.7 Å². The van der Waals surface area contributed by atoms with E-state index in [2.05, 4.69) is 5.32 Å². The van der Waals surface area contributed by atoms with E-state index in [1.165, 1.54) is 10.6 Å². The molecule has 3 aliphatic rings. The predicted octanol–water partition coefficient (Wildman–Crippen LogP) is 0.486. The molecule has 1 saturated carbocycles. The van der Waals surface area contributed by atoms with Crippen LogP contribution < -0.4 is 5.32 Å². The monoisotopic (exact) mass is 316 g/mol. The van der Waals surface area contributed by atoms with Gasteiger partial charge in [0.15, 0.2) is 0 Å². The fourth-order valence-electron chi connectivity index (χ4n) is 3.36. The van der Waals surface area contributed by atoms with Crippen molar-refractivity contribution in [2.24, 2.45) is 5.92 Å². The number of rotatable bonds is 4. The van der Waals surface area contributed by atoms with E-state index in [0.29, 0.717) is 19.6 Å². The zero-order chi connectivity index (χ0) is 15.1. The number of carbonyl (C=O) groups is 1. The summed E-state index contributed by atoms with van der Waals surface area (Å²) in [5.41, 5.74) is -0.337. The molecule has 1 N–H and O–H groups in total. The summed E-state index contributed by atoms with van der Waals surface area (Å²) in [6.45, 7) is 1.55. The van der Waals surface area contributed by atoms with Crippen LogP contribution in [0, 0.1) is 5.92 Å². The maximum absolute atomic E-state index is 11.7. The summed E-state index contributed by atoms with van der Waals surface area (Å²) in [5.74, 6) is 0.358. The van der Waals surface area contributed by atoms with Gasteiger partial charge in [0.1, 0.15) is 0 Å². The summed E-state index contributed by atoms with van der Waals surface area (Å²) in [4.78, 5) is 11.7. The zero-order valence-corrected chi connectivity index (χ0v) is 13.3. The van der Waals surface area contributed by atoms with Crippen molar-refractivity contribution in [2.75, 3.05) is 25.9 Å². The van der Waals surface area contributed by atoms with Gasteiger partial charge >= 0.3 is 0 Å². The quantitative estimate of drug-likeness (QED) is 0.819. The molecule has 2 aliphatic heterocycles. The average molecular weight is 316 g/mol. The highest BCUT2D eigenvalue weighted by atomic mass is 32.2. The van der Waals surface area contributed by atoms with Gasteiger partial charge in [-0.25, -0.2) is 8.42 Å². The van der Waals surface area contributed by atoms with Crippen molar-refractivity contribution in [2.45, 2.75) is 50.2 Å². The molecule has 21 heavy (non-hydrogen) atoms. The van der Waals surface area contributed by atoms with Crippen LogP contribution in [0.5, 0.6) is 0 Å². The average Bonchev–Trinajstić information content (AvgIpc) is 3.19. The summed E-state index contributed by atoms with van der Waals surface area (Å²) >= 11 is 0. The number of nitrogens with zero attached hydrogens (tertiary/aromatic N) is 1. The van der Waals surface area contributed by atoms with Gasteiger partial charge in [0.2, 0.25) is 15.9 Å². The number of ether oxygens (including phenoxy) is 1. The van der Waals surface area contributed by atoms with Crippen molar-refractivity contribution in [3.05, 3.63) is 0 Å². The molecule has 0 aromatic carbocycles. The molecule has 0 aromatic rings. The molecule has 6 nitrogen and oxygen atoms in total. The van der Waals surface area contributed by atoms with Crippen LogP contribution in [-0.2, 0) is 19.6 Å². The second-order valence-corrected chi connectivity index (χ2v) is 8.66. The molecule has 1 amide bonds. The molecule has 0 radical (unpaired) electrons. The van der Waals surface area contributed by atoms with Gasteiger partial charge in [0.25, 0.3) is 0 Å². The van der Waals surface area contributed by atoms with Gasteiger partial charge in [0.05, 0.1) is 18.0 Å². The number of nitrogens with one attached hydrogen (secondary N) is 1. The Morgan fingerprint density at radius 3 is 2.71 bits per heavy atom. The third kappa shape index (κ3) is 3.57. The van der Waals surface area contributed by atoms with Gasteiger partial charge < -0.3 is 10.1 Å². The normalized spacial score (nSPS) is 34.2. The van der Waals surface area contributed by atoms with Gasteiger partial charge in [-0.05, 0) is 38.5 Å². The molecule has 2 saturated heterocycles. The van der Waals surface area contributed by atoms with Crippen molar-refractivity contribution >= 4 is 15.9 Å². The lowest BCUT2D eigenvalue weighted by molar-refractivity contribution is -0.130. The first-order valence-electron chi connectivity index (χ1n) is 7.79. The van der Waals surface area contributed by atoms with E-state index in [4.69, 9.17) is 4.74 Å². The highest BCUT2D eigenvalue weighted by molar-refractivity contribution is 7.88. The Balaban J connectivity index is 1.54. The molecular formula is C14H24N2O4S. The molecule has 7 heteroatoms. The summed E-state index contributed by atoms with van der Waals surface area (Å²) < 4.78 is 31.0. The van der Waals surface area contributed by atoms with E-state index in [1.807, 2.05) is 0 Å². The predicted molar refractivity (Wildman–Crippen MR) is 78.2 cm³/mol. The first-order chi connectivity index (χ1) is 9.88. The number of hydrogen-bond acceptors (Lipinski definition) is 4. The fraction of sp³-hybridized carbons (Fsp3) is 0.929. The van der Waals surface area contributed by atoms with Crippen molar-refractivity contribution < 1.29 is 17.9 Å². The third-order valence-electron chi connectivity index (χ3n) is 4.78. The molecule has 0 bridgehead atoms. The van der Waals surface area contributed by atoms with Crippen LogP contribution in [-0.4, -0.2) is 56.2 Å². The first-order valence-corrected chi connectivity index (χ1v) is 9.63. The number of amides is 1. The highest BCUT2D eigenvalue weighted by Gasteiger charge is 2.45. The maximum atomic E-state index is 11.7. The zero-order valence-electron chi connectivity index (χ0n) is 12.5. The van der Waals surface area contributed by atoms with Crippen LogP contribution in [0.2, 0.25) is 0 Å². The van der Waals surface area contributed by atoms with Crippen molar-refractivity contribution in [3.63, 3.8) is 0 Å². The second-order valence-electron chi connectivity index (χ2n) is 6.68. The summed E-state index contributed by atoms with van der Waals surface area (Å²) in [6, 6.07) is 0. The largest absolute Gasteiger partial charge is 0.369 e.